The van der Waals surface area contributed by atoms with Gasteiger partial charge >= 0.3 is 12.1 Å². The van der Waals surface area contributed by atoms with E-state index in [-0.39, 0.29) is 36.3 Å². The molecule has 2 aromatic carbocycles. The van der Waals surface area contributed by atoms with Crippen molar-refractivity contribution in [2.45, 2.75) is 25.5 Å². The molecule has 35 heavy (non-hydrogen) atoms. The topological polar surface area (TPSA) is 116 Å². The standard InChI is InChI=1S/C24H25Cl2N3O6/c25-17-6-7-18(19(26)14-17)22(31)29-12-10-28(11-13-29)21(30)9-8-20(23(32)33)27-24(34)35-15-16-4-2-1-3-5-16/h1-7,14,20H,8-13,15H2,(H,27,34)(H,32,33)/t20-/m0/s1. The van der Waals surface area contributed by atoms with Gasteiger partial charge in [-0.3, -0.25) is 9.59 Å². The second-order valence-electron chi connectivity index (χ2n) is 7.93. The summed E-state index contributed by atoms with van der Waals surface area (Å²) in [6.45, 7) is 1.24. The summed E-state index contributed by atoms with van der Waals surface area (Å²) in [6, 6.07) is 12.4. The maximum absolute atomic E-state index is 12.7. The van der Waals surface area contributed by atoms with Crippen molar-refractivity contribution < 1.29 is 29.0 Å². The summed E-state index contributed by atoms with van der Waals surface area (Å²) in [5.41, 5.74) is 1.10. The monoisotopic (exact) mass is 521 g/mol. The second kappa shape index (κ2) is 12.4. The molecule has 0 unspecified atom stereocenters. The number of amides is 3. The first-order valence-electron chi connectivity index (χ1n) is 11.0. The summed E-state index contributed by atoms with van der Waals surface area (Å²) >= 11 is 12.0. The molecule has 0 spiro atoms. The highest BCUT2D eigenvalue weighted by Gasteiger charge is 2.28. The molecule has 1 heterocycles. The first-order chi connectivity index (χ1) is 16.7. The van der Waals surface area contributed by atoms with Crippen LogP contribution in [0.15, 0.2) is 48.5 Å². The van der Waals surface area contributed by atoms with Crippen molar-refractivity contribution in [3.63, 3.8) is 0 Å². The molecule has 0 radical (unpaired) electrons. The number of halogens is 2. The minimum Gasteiger partial charge on any atom is -0.480 e. The molecule has 0 aromatic heterocycles. The van der Waals surface area contributed by atoms with Gasteiger partial charge in [0.2, 0.25) is 5.91 Å². The molecule has 0 bridgehead atoms. The fourth-order valence-corrected chi connectivity index (χ4v) is 4.07. The minimum atomic E-state index is -1.27. The van der Waals surface area contributed by atoms with Gasteiger partial charge in [0.15, 0.2) is 0 Å². The van der Waals surface area contributed by atoms with Crippen LogP contribution in [-0.4, -0.2) is 71.0 Å². The third kappa shape index (κ3) is 7.60. The van der Waals surface area contributed by atoms with Crippen LogP contribution in [0.25, 0.3) is 0 Å². The number of benzene rings is 2. The van der Waals surface area contributed by atoms with Crippen LogP contribution in [0.1, 0.15) is 28.8 Å². The van der Waals surface area contributed by atoms with Crippen molar-refractivity contribution in [3.05, 3.63) is 69.7 Å². The number of nitrogens with zero attached hydrogens (tertiary/aromatic N) is 2. The van der Waals surface area contributed by atoms with E-state index in [0.29, 0.717) is 36.8 Å². The van der Waals surface area contributed by atoms with E-state index in [9.17, 15) is 24.3 Å². The maximum atomic E-state index is 12.7. The smallest absolute Gasteiger partial charge is 0.408 e. The van der Waals surface area contributed by atoms with E-state index in [4.69, 9.17) is 27.9 Å². The SMILES string of the molecule is O=C(N[C@@H](CCC(=O)N1CCN(C(=O)c2ccc(Cl)cc2Cl)CC1)C(=O)O)OCc1ccccc1. The molecular formula is C24H25Cl2N3O6. The number of hydrogen-bond donors (Lipinski definition) is 2. The van der Waals surface area contributed by atoms with Gasteiger partial charge in [-0.2, -0.15) is 0 Å². The van der Waals surface area contributed by atoms with Gasteiger partial charge in [0.05, 0.1) is 10.6 Å². The minimum absolute atomic E-state index is 0.00216. The molecule has 0 aliphatic carbocycles. The van der Waals surface area contributed by atoms with Crippen molar-refractivity contribution >= 4 is 47.1 Å². The number of carboxylic acid groups (broad SMARTS) is 1. The Kier molecular flexibility index (Phi) is 9.33. The summed E-state index contributed by atoms with van der Waals surface area (Å²) in [4.78, 5) is 52.0. The highest BCUT2D eigenvalue weighted by molar-refractivity contribution is 6.36. The van der Waals surface area contributed by atoms with Gasteiger partial charge in [0.25, 0.3) is 5.91 Å². The normalized spacial score (nSPS) is 14.2. The van der Waals surface area contributed by atoms with E-state index in [0.717, 1.165) is 5.56 Å². The Morgan fingerprint density at radius 1 is 0.971 bits per heavy atom. The predicted molar refractivity (Wildman–Crippen MR) is 129 cm³/mol. The van der Waals surface area contributed by atoms with E-state index in [1.807, 2.05) is 6.07 Å². The number of carboxylic acids is 1. The van der Waals surface area contributed by atoms with Crippen molar-refractivity contribution in [3.8, 4) is 0 Å². The third-order valence-electron chi connectivity index (χ3n) is 5.53. The lowest BCUT2D eigenvalue weighted by Crippen LogP contribution is -2.51. The van der Waals surface area contributed by atoms with Gasteiger partial charge in [0, 0.05) is 37.6 Å². The van der Waals surface area contributed by atoms with E-state index >= 15 is 0 Å². The molecule has 9 nitrogen and oxygen atoms in total. The van der Waals surface area contributed by atoms with E-state index in [1.165, 1.54) is 6.07 Å². The quantitative estimate of drug-likeness (QED) is 0.549. The zero-order valence-electron chi connectivity index (χ0n) is 18.8. The Balaban J connectivity index is 1.44. The summed E-state index contributed by atoms with van der Waals surface area (Å²) in [7, 11) is 0. The van der Waals surface area contributed by atoms with Gasteiger partial charge in [-0.05, 0) is 30.2 Å². The van der Waals surface area contributed by atoms with Crippen LogP contribution >= 0.6 is 23.2 Å². The van der Waals surface area contributed by atoms with Crippen LogP contribution in [0.2, 0.25) is 10.0 Å². The number of alkyl carbamates (subject to hydrolysis) is 1. The lowest BCUT2D eigenvalue weighted by Gasteiger charge is -2.35. The van der Waals surface area contributed by atoms with Gasteiger partial charge in [-0.15, -0.1) is 0 Å². The summed E-state index contributed by atoms with van der Waals surface area (Å²) in [5.74, 6) is -1.76. The van der Waals surface area contributed by atoms with E-state index in [1.54, 1.807) is 46.2 Å². The van der Waals surface area contributed by atoms with Gasteiger partial charge in [-0.25, -0.2) is 9.59 Å². The largest absolute Gasteiger partial charge is 0.480 e. The number of nitrogens with one attached hydrogen (secondary N) is 1. The van der Waals surface area contributed by atoms with Crippen LogP contribution in [0.3, 0.4) is 0 Å². The predicted octanol–water partition coefficient (Wildman–Crippen LogP) is 3.44. The van der Waals surface area contributed by atoms with Crippen molar-refractivity contribution in [1.29, 1.82) is 0 Å². The first-order valence-corrected chi connectivity index (χ1v) is 11.7. The molecule has 1 aliphatic rings. The Bertz CT molecular complexity index is 1070. The molecule has 1 saturated heterocycles. The van der Waals surface area contributed by atoms with Crippen LogP contribution in [-0.2, 0) is 20.9 Å². The molecule has 0 saturated carbocycles. The average Bonchev–Trinajstić information content (AvgIpc) is 2.85. The van der Waals surface area contributed by atoms with Gasteiger partial charge < -0.3 is 25.0 Å². The Morgan fingerprint density at radius 2 is 1.63 bits per heavy atom. The van der Waals surface area contributed by atoms with Crippen LogP contribution in [0.5, 0.6) is 0 Å². The molecule has 1 atom stereocenters. The molecule has 186 valence electrons. The summed E-state index contributed by atoms with van der Waals surface area (Å²) in [6.07, 6.45) is -1.04. The fourth-order valence-electron chi connectivity index (χ4n) is 3.58. The van der Waals surface area contributed by atoms with Gasteiger partial charge in [-0.1, -0.05) is 53.5 Å². The Hall–Kier alpha value is -3.30. The number of rotatable bonds is 8. The number of piperazine rings is 1. The number of aliphatic carboxylic acids is 1. The maximum Gasteiger partial charge on any atom is 0.408 e. The van der Waals surface area contributed by atoms with Crippen LogP contribution in [0, 0.1) is 0 Å². The fraction of sp³-hybridized carbons (Fsp3) is 0.333. The highest BCUT2D eigenvalue weighted by Crippen LogP contribution is 2.23. The third-order valence-corrected chi connectivity index (χ3v) is 6.08. The Labute approximate surface area is 212 Å². The van der Waals surface area contributed by atoms with E-state index in [2.05, 4.69) is 5.32 Å². The highest BCUT2D eigenvalue weighted by atomic mass is 35.5. The van der Waals surface area contributed by atoms with E-state index < -0.39 is 18.1 Å². The number of carbonyl (C=O) groups is 4. The molecular weight excluding hydrogens is 497 g/mol. The van der Waals surface area contributed by atoms with Crippen LogP contribution in [0.4, 0.5) is 4.79 Å². The van der Waals surface area contributed by atoms with Crippen molar-refractivity contribution in [1.82, 2.24) is 15.1 Å². The Morgan fingerprint density at radius 3 is 2.26 bits per heavy atom. The molecule has 1 aliphatic heterocycles. The lowest BCUT2D eigenvalue weighted by molar-refractivity contribution is -0.140. The lowest BCUT2D eigenvalue weighted by atomic mass is 10.1. The summed E-state index contributed by atoms with van der Waals surface area (Å²) < 4.78 is 5.05. The van der Waals surface area contributed by atoms with Gasteiger partial charge in [0.1, 0.15) is 12.6 Å². The van der Waals surface area contributed by atoms with Crippen molar-refractivity contribution in [2.75, 3.05) is 26.2 Å². The zero-order valence-corrected chi connectivity index (χ0v) is 20.3. The molecule has 3 amide bonds. The molecule has 3 rings (SSSR count). The molecule has 1 fully saturated rings. The average molecular weight is 522 g/mol. The molecule has 2 N–H and O–H groups in total. The number of hydrogen-bond acceptors (Lipinski definition) is 5. The van der Waals surface area contributed by atoms with Crippen molar-refractivity contribution in [2.24, 2.45) is 0 Å². The molecule has 2 aromatic rings. The zero-order chi connectivity index (χ0) is 25.4. The number of ether oxygens (including phenoxy) is 1. The first kappa shape index (κ1) is 26.3. The number of carbonyl (C=O) groups excluding carboxylic acids is 3. The molecule has 11 heteroatoms. The van der Waals surface area contributed by atoms with Crippen LogP contribution < -0.4 is 5.32 Å². The second-order valence-corrected chi connectivity index (χ2v) is 8.78. The summed E-state index contributed by atoms with van der Waals surface area (Å²) in [5, 5.41) is 12.4.